The van der Waals surface area contributed by atoms with Crippen LogP contribution in [0.1, 0.15) is 11.1 Å². The van der Waals surface area contributed by atoms with Crippen LogP contribution in [0, 0.1) is 6.92 Å². The van der Waals surface area contributed by atoms with Crippen LogP contribution in [0.4, 0.5) is 5.69 Å². The molecule has 20 heavy (non-hydrogen) atoms. The highest BCUT2D eigenvalue weighted by Gasteiger charge is 2.02. The predicted molar refractivity (Wildman–Crippen MR) is 85.3 cm³/mol. The van der Waals surface area contributed by atoms with Crippen molar-refractivity contribution in [3.63, 3.8) is 0 Å². The minimum Gasteiger partial charge on any atom is -0.378 e. The number of hydrogen-bond acceptors (Lipinski definition) is 2. The van der Waals surface area contributed by atoms with Crippen molar-refractivity contribution in [1.82, 2.24) is 4.98 Å². The molecule has 3 heteroatoms. The fourth-order valence-corrected chi connectivity index (χ4v) is 2.39. The van der Waals surface area contributed by atoms with E-state index in [0.29, 0.717) is 5.15 Å². The van der Waals surface area contributed by atoms with Gasteiger partial charge in [0.05, 0.1) is 5.69 Å². The molecule has 1 N–H and O–H groups in total. The van der Waals surface area contributed by atoms with Gasteiger partial charge in [-0.15, -0.1) is 0 Å². The van der Waals surface area contributed by atoms with Crippen molar-refractivity contribution in [1.29, 1.82) is 0 Å². The van der Waals surface area contributed by atoms with Crippen LogP contribution in [0.2, 0.25) is 5.15 Å². The van der Waals surface area contributed by atoms with Gasteiger partial charge in [-0.2, -0.15) is 0 Å². The van der Waals surface area contributed by atoms with Gasteiger partial charge in [-0.25, -0.2) is 4.98 Å². The van der Waals surface area contributed by atoms with Crippen LogP contribution in [0.25, 0.3) is 10.8 Å². The summed E-state index contributed by atoms with van der Waals surface area (Å²) in [6.07, 6.45) is 1.77. The first-order chi connectivity index (χ1) is 9.72. The van der Waals surface area contributed by atoms with E-state index in [2.05, 4.69) is 52.8 Å². The molecule has 100 valence electrons. The normalized spacial score (nSPS) is 10.7. The second-order valence-corrected chi connectivity index (χ2v) is 5.24. The van der Waals surface area contributed by atoms with Crippen LogP contribution in [0.15, 0.2) is 54.7 Å². The largest absolute Gasteiger partial charge is 0.378 e. The van der Waals surface area contributed by atoms with E-state index < -0.39 is 0 Å². The van der Waals surface area contributed by atoms with Gasteiger partial charge in [0.15, 0.2) is 5.15 Å². The zero-order chi connectivity index (χ0) is 13.9. The lowest BCUT2D eigenvalue weighted by molar-refractivity contribution is 1.13. The van der Waals surface area contributed by atoms with Gasteiger partial charge in [-0.3, -0.25) is 0 Å². The minimum atomic E-state index is 0.511. The zero-order valence-electron chi connectivity index (χ0n) is 11.2. The number of nitrogens with one attached hydrogen (secondary N) is 1. The highest BCUT2D eigenvalue weighted by atomic mass is 35.5. The number of hydrogen-bond donors (Lipinski definition) is 1. The van der Waals surface area contributed by atoms with Crippen LogP contribution in [-0.2, 0) is 6.54 Å². The summed E-state index contributed by atoms with van der Waals surface area (Å²) in [4.78, 5) is 4.14. The molecular formula is C17H15ClN2. The second-order valence-electron chi connectivity index (χ2n) is 4.89. The van der Waals surface area contributed by atoms with Crippen molar-refractivity contribution >= 4 is 28.1 Å². The Morgan fingerprint density at radius 3 is 2.70 bits per heavy atom. The third-order valence-electron chi connectivity index (χ3n) is 3.27. The lowest BCUT2D eigenvalue weighted by Gasteiger charge is -2.09. The first-order valence-electron chi connectivity index (χ1n) is 6.56. The third-order valence-corrected chi connectivity index (χ3v) is 3.57. The maximum Gasteiger partial charge on any atom is 0.152 e. The maximum atomic E-state index is 6.08. The monoisotopic (exact) mass is 282 g/mol. The fourth-order valence-electron chi connectivity index (χ4n) is 2.22. The lowest BCUT2D eigenvalue weighted by atomic mass is 10.1. The first-order valence-corrected chi connectivity index (χ1v) is 6.94. The van der Waals surface area contributed by atoms with Crippen molar-refractivity contribution in [3.8, 4) is 0 Å². The molecule has 3 rings (SSSR count). The second kappa shape index (κ2) is 5.51. The molecule has 0 unspecified atom stereocenters. The molecule has 0 bridgehead atoms. The van der Waals surface area contributed by atoms with Gasteiger partial charge in [-0.05, 0) is 41.0 Å². The maximum absolute atomic E-state index is 6.08. The molecule has 0 spiro atoms. The van der Waals surface area contributed by atoms with E-state index in [-0.39, 0.29) is 0 Å². The van der Waals surface area contributed by atoms with E-state index in [4.69, 9.17) is 11.6 Å². The molecule has 0 aliphatic rings. The Balaban J connectivity index is 1.81. The van der Waals surface area contributed by atoms with Crippen LogP contribution >= 0.6 is 11.6 Å². The number of rotatable bonds is 3. The van der Waals surface area contributed by atoms with Gasteiger partial charge in [0.25, 0.3) is 0 Å². The summed E-state index contributed by atoms with van der Waals surface area (Å²) < 4.78 is 0. The van der Waals surface area contributed by atoms with Gasteiger partial charge in [0.1, 0.15) is 0 Å². The van der Waals surface area contributed by atoms with Crippen molar-refractivity contribution < 1.29 is 0 Å². The van der Waals surface area contributed by atoms with Gasteiger partial charge >= 0.3 is 0 Å². The average Bonchev–Trinajstić information content (AvgIpc) is 2.48. The summed E-state index contributed by atoms with van der Waals surface area (Å²) in [6, 6.07) is 16.8. The number of aromatic nitrogens is 1. The number of halogens is 1. The Labute approximate surface area is 123 Å². The third kappa shape index (κ3) is 2.75. The number of benzene rings is 2. The molecule has 0 atom stereocenters. The molecule has 0 saturated carbocycles. The highest BCUT2D eigenvalue weighted by molar-refractivity contribution is 6.31. The average molecular weight is 283 g/mol. The summed E-state index contributed by atoms with van der Waals surface area (Å²) in [5, 5.41) is 6.36. The number of aryl methyl sites for hydroxylation is 1. The smallest absolute Gasteiger partial charge is 0.152 e. The van der Waals surface area contributed by atoms with E-state index in [0.717, 1.165) is 17.8 Å². The topological polar surface area (TPSA) is 24.9 Å². The van der Waals surface area contributed by atoms with E-state index in [1.54, 1.807) is 6.20 Å². The predicted octanol–water partition coefficient (Wildman–Crippen LogP) is 4.81. The molecule has 0 saturated heterocycles. The van der Waals surface area contributed by atoms with Crippen molar-refractivity contribution in [2.45, 2.75) is 13.5 Å². The summed E-state index contributed by atoms with van der Waals surface area (Å²) in [5.41, 5.74) is 3.19. The Morgan fingerprint density at radius 1 is 1.05 bits per heavy atom. The number of pyridine rings is 1. The van der Waals surface area contributed by atoms with Gasteiger partial charge in [0, 0.05) is 12.7 Å². The van der Waals surface area contributed by atoms with E-state index in [1.165, 1.54) is 16.3 Å². The molecule has 2 nitrogen and oxygen atoms in total. The molecule has 2 aromatic carbocycles. The van der Waals surface area contributed by atoms with Gasteiger partial charge < -0.3 is 5.32 Å². The number of anilines is 1. The fraction of sp³-hybridized carbons (Fsp3) is 0.118. The Morgan fingerprint density at radius 2 is 1.85 bits per heavy atom. The number of nitrogens with zero attached hydrogens (tertiary/aromatic N) is 1. The molecule has 0 aliphatic carbocycles. The van der Waals surface area contributed by atoms with Crippen LogP contribution in [-0.4, -0.2) is 4.98 Å². The Kier molecular flexibility index (Phi) is 3.57. The van der Waals surface area contributed by atoms with Crippen LogP contribution < -0.4 is 5.32 Å². The molecule has 1 heterocycles. The summed E-state index contributed by atoms with van der Waals surface area (Å²) in [5.74, 6) is 0. The standard InChI is InChI=1S/C17H15ClN2/c1-12-8-16(17(18)20-10-12)19-11-13-6-7-14-4-2-3-5-15(14)9-13/h2-10,19H,11H2,1H3. The van der Waals surface area contributed by atoms with Crippen molar-refractivity contribution in [2.75, 3.05) is 5.32 Å². The number of fused-ring (bicyclic) bond motifs is 1. The quantitative estimate of drug-likeness (QED) is 0.698. The Hall–Kier alpha value is -2.06. The highest BCUT2D eigenvalue weighted by Crippen LogP contribution is 2.21. The SMILES string of the molecule is Cc1cnc(Cl)c(NCc2ccc3ccccc3c2)c1. The van der Waals surface area contributed by atoms with Gasteiger partial charge in [0.2, 0.25) is 0 Å². The minimum absolute atomic E-state index is 0.511. The molecule has 3 aromatic rings. The molecule has 0 radical (unpaired) electrons. The van der Waals surface area contributed by atoms with Crippen LogP contribution in [0.3, 0.4) is 0 Å². The zero-order valence-corrected chi connectivity index (χ0v) is 12.0. The van der Waals surface area contributed by atoms with E-state index in [9.17, 15) is 0 Å². The van der Waals surface area contributed by atoms with Gasteiger partial charge in [-0.1, -0.05) is 48.0 Å². The summed E-state index contributed by atoms with van der Waals surface area (Å²) in [6.45, 7) is 2.74. The summed E-state index contributed by atoms with van der Waals surface area (Å²) in [7, 11) is 0. The Bertz CT molecular complexity index is 753. The molecular weight excluding hydrogens is 268 g/mol. The molecule has 1 aromatic heterocycles. The molecule has 0 amide bonds. The van der Waals surface area contributed by atoms with E-state index in [1.807, 2.05) is 13.0 Å². The molecule has 0 fully saturated rings. The van der Waals surface area contributed by atoms with Crippen LogP contribution in [0.5, 0.6) is 0 Å². The van der Waals surface area contributed by atoms with E-state index >= 15 is 0 Å². The van der Waals surface area contributed by atoms with Crippen molar-refractivity contribution in [3.05, 3.63) is 71.0 Å². The van der Waals surface area contributed by atoms with Crippen molar-refractivity contribution in [2.24, 2.45) is 0 Å². The molecule has 0 aliphatic heterocycles. The summed E-state index contributed by atoms with van der Waals surface area (Å²) >= 11 is 6.08. The first kappa shape index (κ1) is 12.9. The lowest BCUT2D eigenvalue weighted by Crippen LogP contribution is -2.01.